The zero-order valence-corrected chi connectivity index (χ0v) is 12.1. The standard InChI is InChI=1S/C16H23N3O/c1-11-12(5-4-6-13(11)17)16(20)18-14-8-10-19-9-3-2-7-15(14)19/h4-6,14-15H,2-3,7-10,17H2,1H3,(H,18,20). The van der Waals surface area contributed by atoms with E-state index in [-0.39, 0.29) is 5.91 Å². The van der Waals surface area contributed by atoms with Gasteiger partial charge in [-0.15, -0.1) is 0 Å². The Kier molecular flexibility index (Phi) is 3.66. The minimum absolute atomic E-state index is 0.0206. The fraction of sp³-hybridized carbons (Fsp3) is 0.562. The van der Waals surface area contributed by atoms with Gasteiger partial charge in [-0.25, -0.2) is 0 Å². The zero-order chi connectivity index (χ0) is 14.1. The molecule has 108 valence electrons. The first kappa shape index (κ1) is 13.4. The maximum absolute atomic E-state index is 12.5. The Morgan fingerprint density at radius 2 is 2.15 bits per heavy atom. The second-order valence-corrected chi connectivity index (χ2v) is 5.99. The molecule has 2 fully saturated rings. The Hall–Kier alpha value is -1.55. The van der Waals surface area contributed by atoms with E-state index in [9.17, 15) is 4.79 Å². The first-order chi connectivity index (χ1) is 9.66. The number of nitrogens with one attached hydrogen (secondary N) is 1. The molecule has 2 saturated heterocycles. The van der Waals surface area contributed by atoms with Gasteiger partial charge < -0.3 is 11.1 Å². The van der Waals surface area contributed by atoms with Crippen LogP contribution in [0.5, 0.6) is 0 Å². The number of amides is 1. The number of anilines is 1. The molecular weight excluding hydrogens is 250 g/mol. The Bertz CT molecular complexity index is 514. The van der Waals surface area contributed by atoms with Gasteiger partial charge in [0.25, 0.3) is 5.91 Å². The number of nitrogen functional groups attached to an aromatic ring is 1. The van der Waals surface area contributed by atoms with Crippen LogP contribution >= 0.6 is 0 Å². The lowest BCUT2D eigenvalue weighted by Gasteiger charge is -2.32. The van der Waals surface area contributed by atoms with Crippen LogP contribution in [0.2, 0.25) is 0 Å². The van der Waals surface area contributed by atoms with Crippen molar-refractivity contribution in [2.24, 2.45) is 0 Å². The summed E-state index contributed by atoms with van der Waals surface area (Å²) >= 11 is 0. The molecule has 2 heterocycles. The predicted molar refractivity (Wildman–Crippen MR) is 80.7 cm³/mol. The lowest BCUT2D eigenvalue weighted by Crippen LogP contribution is -2.46. The number of hydrogen-bond acceptors (Lipinski definition) is 3. The number of carbonyl (C=O) groups excluding carboxylic acids is 1. The average Bonchev–Trinajstić information content (AvgIpc) is 2.85. The topological polar surface area (TPSA) is 58.4 Å². The quantitative estimate of drug-likeness (QED) is 0.810. The first-order valence-electron chi connectivity index (χ1n) is 7.57. The maximum atomic E-state index is 12.5. The molecule has 2 aliphatic heterocycles. The van der Waals surface area contributed by atoms with Crippen molar-refractivity contribution < 1.29 is 4.79 Å². The summed E-state index contributed by atoms with van der Waals surface area (Å²) in [5.74, 6) is 0.0206. The molecule has 4 nitrogen and oxygen atoms in total. The maximum Gasteiger partial charge on any atom is 0.251 e. The first-order valence-corrected chi connectivity index (χ1v) is 7.57. The Morgan fingerprint density at radius 1 is 1.30 bits per heavy atom. The van der Waals surface area contributed by atoms with Gasteiger partial charge in [-0.05, 0) is 50.4 Å². The molecule has 1 aromatic rings. The largest absolute Gasteiger partial charge is 0.398 e. The highest BCUT2D eigenvalue weighted by molar-refractivity contribution is 5.97. The molecule has 20 heavy (non-hydrogen) atoms. The van der Waals surface area contributed by atoms with Crippen LogP contribution in [0.25, 0.3) is 0 Å². The molecule has 3 N–H and O–H groups in total. The van der Waals surface area contributed by atoms with E-state index in [1.807, 2.05) is 25.1 Å². The number of carbonyl (C=O) groups is 1. The van der Waals surface area contributed by atoms with Gasteiger partial charge in [-0.2, -0.15) is 0 Å². The lowest BCUT2D eigenvalue weighted by atomic mass is 9.98. The van der Waals surface area contributed by atoms with Crippen molar-refractivity contribution in [3.05, 3.63) is 29.3 Å². The van der Waals surface area contributed by atoms with Crippen molar-refractivity contribution in [3.8, 4) is 0 Å². The molecule has 2 atom stereocenters. The third kappa shape index (κ3) is 2.40. The Balaban J connectivity index is 1.71. The second-order valence-electron chi connectivity index (χ2n) is 5.99. The average molecular weight is 273 g/mol. The number of nitrogens with zero attached hydrogens (tertiary/aromatic N) is 1. The van der Waals surface area contributed by atoms with E-state index in [4.69, 9.17) is 5.73 Å². The summed E-state index contributed by atoms with van der Waals surface area (Å²) in [6.45, 7) is 4.21. The van der Waals surface area contributed by atoms with Crippen LogP contribution in [0, 0.1) is 6.92 Å². The van der Waals surface area contributed by atoms with E-state index in [0.717, 1.165) is 18.5 Å². The van der Waals surface area contributed by atoms with Crippen LogP contribution in [0.3, 0.4) is 0 Å². The third-order valence-corrected chi connectivity index (χ3v) is 4.79. The van der Waals surface area contributed by atoms with Crippen molar-refractivity contribution in [3.63, 3.8) is 0 Å². The number of benzene rings is 1. The Morgan fingerprint density at radius 3 is 3.00 bits per heavy atom. The number of piperidine rings is 1. The molecular formula is C16H23N3O. The molecule has 0 spiro atoms. The number of nitrogens with two attached hydrogens (primary N) is 1. The van der Waals surface area contributed by atoms with E-state index in [2.05, 4.69) is 10.2 Å². The number of fused-ring (bicyclic) bond motifs is 1. The lowest BCUT2D eigenvalue weighted by molar-refractivity contribution is 0.0915. The molecule has 0 bridgehead atoms. The summed E-state index contributed by atoms with van der Waals surface area (Å²) in [6.07, 6.45) is 4.86. The van der Waals surface area contributed by atoms with Crippen LogP contribution in [-0.4, -0.2) is 36.0 Å². The van der Waals surface area contributed by atoms with Crippen LogP contribution in [0.4, 0.5) is 5.69 Å². The van der Waals surface area contributed by atoms with Crippen molar-refractivity contribution in [1.29, 1.82) is 0 Å². The Labute approximate surface area is 120 Å². The normalized spacial score (nSPS) is 26.2. The summed E-state index contributed by atoms with van der Waals surface area (Å²) in [7, 11) is 0. The van der Waals surface area contributed by atoms with Gasteiger partial charge in [0.1, 0.15) is 0 Å². The van der Waals surface area contributed by atoms with Crippen molar-refractivity contribution in [2.45, 2.75) is 44.7 Å². The summed E-state index contributed by atoms with van der Waals surface area (Å²) in [5, 5.41) is 3.23. The highest BCUT2D eigenvalue weighted by Gasteiger charge is 2.36. The van der Waals surface area contributed by atoms with Crippen LogP contribution in [0.1, 0.15) is 41.6 Å². The third-order valence-electron chi connectivity index (χ3n) is 4.79. The SMILES string of the molecule is Cc1c(N)cccc1C(=O)NC1CCN2CCCCC12. The van der Waals surface area contributed by atoms with Gasteiger partial charge in [0.05, 0.1) is 0 Å². The monoisotopic (exact) mass is 273 g/mol. The minimum atomic E-state index is 0.0206. The molecule has 0 aromatic heterocycles. The van der Waals surface area contributed by atoms with Gasteiger partial charge in [0.2, 0.25) is 0 Å². The van der Waals surface area contributed by atoms with Gasteiger partial charge >= 0.3 is 0 Å². The molecule has 1 amide bonds. The van der Waals surface area contributed by atoms with Crippen LogP contribution < -0.4 is 11.1 Å². The van der Waals surface area contributed by atoms with Crippen LogP contribution in [-0.2, 0) is 0 Å². The molecule has 1 aromatic carbocycles. The van der Waals surface area contributed by atoms with Crippen LogP contribution in [0.15, 0.2) is 18.2 Å². The number of rotatable bonds is 2. The summed E-state index contributed by atoms with van der Waals surface area (Å²) in [6, 6.07) is 6.37. The molecule has 2 unspecified atom stereocenters. The molecule has 2 aliphatic rings. The molecule has 0 aliphatic carbocycles. The fourth-order valence-electron chi connectivity index (χ4n) is 3.56. The molecule has 0 radical (unpaired) electrons. The molecule has 4 heteroatoms. The summed E-state index contributed by atoms with van der Waals surface area (Å²) < 4.78 is 0. The summed E-state index contributed by atoms with van der Waals surface area (Å²) in [4.78, 5) is 15.0. The van der Waals surface area contributed by atoms with Gasteiger partial charge in [0, 0.05) is 29.9 Å². The molecule has 3 rings (SSSR count). The van der Waals surface area contributed by atoms with E-state index in [1.54, 1.807) is 0 Å². The van der Waals surface area contributed by atoms with E-state index in [0.29, 0.717) is 23.3 Å². The predicted octanol–water partition coefficient (Wildman–Crippen LogP) is 1.93. The zero-order valence-electron chi connectivity index (χ0n) is 12.1. The van der Waals surface area contributed by atoms with Crippen molar-refractivity contribution in [1.82, 2.24) is 10.2 Å². The van der Waals surface area contributed by atoms with E-state index in [1.165, 1.54) is 25.8 Å². The minimum Gasteiger partial charge on any atom is -0.398 e. The highest BCUT2D eigenvalue weighted by atomic mass is 16.1. The fourth-order valence-corrected chi connectivity index (χ4v) is 3.56. The van der Waals surface area contributed by atoms with Gasteiger partial charge in [-0.1, -0.05) is 12.5 Å². The number of hydrogen-bond donors (Lipinski definition) is 2. The van der Waals surface area contributed by atoms with E-state index >= 15 is 0 Å². The smallest absolute Gasteiger partial charge is 0.251 e. The second kappa shape index (κ2) is 5.44. The van der Waals surface area contributed by atoms with Gasteiger partial charge in [-0.3, -0.25) is 9.69 Å². The highest BCUT2D eigenvalue weighted by Crippen LogP contribution is 2.27. The van der Waals surface area contributed by atoms with Crippen molar-refractivity contribution in [2.75, 3.05) is 18.8 Å². The van der Waals surface area contributed by atoms with Crippen molar-refractivity contribution >= 4 is 11.6 Å². The van der Waals surface area contributed by atoms with E-state index < -0.39 is 0 Å². The van der Waals surface area contributed by atoms with Gasteiger partial charge in [0.15, 0.2) is 0 Å². The summed E-state index contributed by atoms with van der Waals surface area (Å²) in [5.41, 5.74) is 8.15. The molecule has 0 saturated carbocycles.